The Morgan fingerprint density at radius 1 is 1.29 bits per heavy atom. The minimum Gasteiger partial charge on any atom is -0.308 e. The van der Waals surface area contributed by atoms with Gasteiger partial charge >= 0.3 is 0 Å². The lowest BCUT2D eigenvalue weighted by Crippen LogP contribution is -2.31. The van der Waals surface area contributed by atoms with Gasteiger partial charge in [-0.25, -0.2) is 5.84 Å². The van der Waals surface area contributed by atoms with E-state index in [4.69, 9.17) is 10.8 Å². The summed E-state index contributed by atoms with van der Waals surface area (Å²) in [4.78, 5) is 5.87. The van der Waals surface area contributed by atoms with Crippen LogP contribution in [0.5, 0.6) is 0 Å². The first-order chi connectivity index (χ1) is 8.29. The van der Waals surface area contributed by atoms with Gasteiger partial charge in [0.05, 0.1) is 14.7 Å². The number of hydrazine groups is 1. The molecule has 2 rings (SSSR count). The van der Waals surface area contributed by atoms with E-state index in [2.05, 4.69) is 21.4 Å². The average Bonchev–Trinajstić information content (AvgIpc) is 2.62. The van der Waals surface area contributed by atoms with Crippen molar-refractivity contribution in [3.8, 4) is 0 Å². The summed E-state index contributed by atoms with van der Waals surface area (Å²) in [6, 6.07) is 4.51. The highest BCUT2D eigenvalue weighted by Gasteiger charge is 2.13. The number of amidine groups is 1. The Morgan fingerprint density at radius 2 is 2.00 bits per heavy atom. The first kappa shape index (κ1) is 13.1. The first-order valence-corrected chi connectivity index (χ1v) is 7.70. The monoisotopic (exact) mass is 315 g/mol. The minimum atomic E-state index is 0.435. The largest absolute Gasteiger partial charge is 0.308 e. The van der Waals surface area contributed by atoms with Crippen molar-refractivity contribution >= 4 is 33.1 Å². The lowest BCUT2D eigenvalue weighted by molar-refractivity contribution is 0.583. The number of hydrogen-bond acceptors (Lipinski definition) is 3. The highest BCUT2D eigenvalue weighted by Crippen LogP contribution is 2.24. The third-order valence-electron chi connectivity index (χ3n) is 3.08. The van der Waals surface area contributed by atoms with Crippen LogP contribution in [0.2, 0.25) is 0 Å². The van der Waals surface area contributed by atoms with Crippen molar-refractivity contribution in [2.24, 2.45) is 10.8 Å². The van der Waals surface area contributed by atoms with Crippen molar-refractivity contribution in [1.29, 1.82) is 0 Å². The molecule has 1 aliphatic carbocycles. The van der Waals surface area contributed by atoms with Crippen LogP contribution in [0.15, 0.2) is 20.9 Å². The zero-order chi connectivity index (χ0) is 12.1. The van der Waals surface area contributed by atoms with E-state index < -0.39 is 0 Å². The smallest absolute Gasteiger partial charge is 0.153 e. The molecule has 1 aliphatic rings. The summed E-state index contributed by atoms with van der Waals surface area (Å²) in [5.74, 6) is 6.41. The number of nitrogens with two attached hydrogens (primary N) is 1. The summed E-state index contributed by atoms with van der Waals surface area (Å²) < 4.78 is 1.11. The van der Waals surface area contributed by atoms with E-state index in [9.17, 15) is 0 Å². The second-order valence-corrected chi connectivity index (χ2v) is 6.83. The number of aliphatic imine (C=N–C) groups is 1. The molecular formula is C12H18BrN3S. The number of hydrogen-bond donors (Lipinski definition) is 2. The SMILES string of the molecule is NNC(=NC1CCCCCC1)c1ccc(Br)s1. The van der Waals surface area contributed by atoms with Gasteiger partial charge in [-0.1, -0.05) is 25.7 Å². The fourth-order valence-corrected chi connectivity index (χ4v) is 3.53. The van der Waals surface area contributed by atoms with E-state index in [-0.39, 0.29) is 0 Å². The highest BCUT2D eigenvalue weighted by molar-refractivity contribution is 9.11. The van der Waals surface area contributed by atoms with Gasteiger partial charge in [0.25, 0.3) is 0 Å². The normalized spacial score (nSPS) is 19.1. The molecule has 17 heavy (non-hydrogen) atoms. The second kappa shape index (κ2) is 6.52. The maximum absolute atomic E-state index is 5.58. The second-order valence-electron chi connectivity index (χ2n) is 4.37. The molecule has 3 N–H and O–H groups in total. The predicted octanol–water partition coefficient (Wildman–Crippen LogP) is 3.44. The lowest BCUT2D eigenvalue weighted by atomic mass is 10.1. The van der Waals surface area contributed by atoms with Crippen molar-refractivity contribution in [1.82, 2.24) is 5.43 Å². The standard InChI is InChI=1S/C12H18BrN3S/c13-11-8-7-10(17-11)12(16-14)15-9-5-3-1-2-4-6-9/h7-9H,1-6,14H2,(H,15,16). The molecule has 1 aromatic heterocycles. The van der Waals surface area contributed by atoms with Gasteiger partial charge in [0.2, 0.25) is 0 Å². The van der Waals surface area contributed by atoms with Crippen molar-refractivity contribution in [2.75, 3.05) is 0 Å². The van der Waals surface area contributed by atoms with Crippen LogP contribution in [0, 0.1) is 0 Å². The topological polar surface area (TPSA) is 50.4 Å². The molecule has 0 bridgehead atoms. The molecule has 0 amide bonds. The molecule has 1 saturated carbocycles. The summed E-state index contributed by atoms with van der Waals surface area (Å²) >= 11 is 5.12. The highest BCUT2D eigenvalue weighted by atomic mass is 79.9. The van der Waals surface area contributed by atoms with Gasteiger partial charge in [-0.2, -0.15) is 0 Å². The van der Waals surface area contributed by atoms with Gasteiger partial charge in [-0.15, -0.1) is 11.3 Å². The van der Waals surface area contributed by atoms with Gasteiger partial charge in [0.1, 0.15) is 0 Å². The molecule has 0 spiro atoms. The van der Waals surface area contributed by atoms with Gasteiger partial charge in [0.15, 0.2) is 5.84 Å². The maximum atomic E-state index is 5.58. The van der Waals surface area contributed by atoms with Crippen molar-refractivity contribution < 1.29 is 0 Å². The zero-order valence-corrected chi connectivity index (χ0v) is 12.2. The molecule has 1 aromatic rings. The molecule has 3 nitrogen and oxygen atoms in total. The number of nitrogens with zero attached hydrogens (tertiary/aromatic N) is 1. The fourth-order valence-electron chi connectivity index (χ4n) is 2.18. The summed E-state index contributed by atoms with van der Waals surface area (Å²) in [7, 11) is 0. The Labute approximate surface area is 115 Å². The summed E-state index contributed by atoms with van der Waals surface area (Å²) in [5.41, 5.74) is 2.74. The summed E-state index contributed by atoms with van der Waals surface area (Å²) in [6.07, 6.45) is 7.67. The molecule has 0 unspecified atom stereocenters. The molecule has 94 valence electrons. The van der Waals surface area contributed by atoms with Crippen molar-refractivity contribution in [3.05, 3.63) is 20.8 Å². The third kappa shape index (κ3) is 3.79. The van der Waals surface area contributed by atoms with Crippen molar-refractivity contribution in [3.63, 3.8) is 0 Å². The van der Waals surface area contributed by atoms with E-state index in [0.717, 1.165) is 14.5 Å². The molecule has 0 saturated heterocycles. The van der Waals surface area contributed by atoms with Crippen LogP contribution in [0.25, 0.3) is 0 Å². The molecule has 1 heterocycles. The lowest BCUT2D eigenvalue weighted by Gasteiger charge is -2.11. The number of nitrogens with one attached hydrogen (secondary N) is 1. The Balaban J connectivity index is 2.10. The van der Waals surface area contributed by atoms with Crippen LogP contribution in [-0.4, -0.2) is 11.9 Å². The Hall–Kier alpha value is -0.390. The number of rotatable bonds is 2. The quantitative estimate of drug-likeness (QED) is 0.289. The van der Waals surface area contributed by atoms with Crippen LogP contribution in [0.3, 0.4) is 0 Å². The number of thiophene rings is 1. The summed E-state index contributed by atoms with van der Waals surface area (Å²) in [5, 5.41) is 0. The average molecular weight is 316 g/mol. The van der Waals surface area contributed by atoms with Crippen LogP contribution < -0.4 is 11.3 Å². The zero-order valence-electron chi connectivity index (χ0n) is 9.79. The molecule has 1 fully saturated rings. The maximum Gasteiger partial charge on any atom is 0.153 e. The third-order valence-corrected chi connectivity index (χ3v) is 4.71. The van der Waals surface area contributed by atoms with Gasteiger partial charge < -0.3 is 5.43 Å². The molecule has 0 aliphatic heterocycles. The van der Waals surface area contributed by atoms with E-state index >= 15 is 0 Å². The minimum absolute atomic E-state index is 0.435. The van der Waals surface area contributed by atoms with E-state index in [1.807, 2.05) is 12.1 Å². The Kier molecular flexibility index (Phi) is 5.00. The fraction of sp³-hybridized carbons (Fsp3) is 0.583. The summed E-state index contributed by atoms with van der Waals surface area (Å²) in [6.45, 7) is 0. The molecule has 0 atom stereocenters. The first-order valence-electron chi connectivity index (χ1n) is 6.09. The van der Waals surface area contributed by atoms with Gasteiger partial charge in [-0.3, -0.25) is 4.99 Å². The van der Waals surface area contributed by atoms with Gasteiger partial charge in [0, 0.05) is 0 Å². The molecule has 5 heteroatoms. The Bertz CT molecular complexity index is 381. The van der Waals surface area contributed by atoms with Crippen LogP contribution in [-0.2, 0) is 0 Å². The van der Waals surface area contributed by atoms with Crippen LogP contribution >= 0.6 is 27.3 Å². The molecule has 0 radical (unpaired) electrons. The van der Waals surface area contributed by atoms with Crippen LogP contribution in [0.4, 0.5) is 0 Å². The predicted molar refractivity (Wildman–Crippen MR) is 77.4 cm³/mol. The molecule has 0 aromatic carbocycles. The van der Waals surface area contributed by atoms with E-state index in [1.54, 1.807) is 11.3 Å². The van der Waals surface area contributed by atoms with Crippen molar-refractivity contribution in [2.45, 2.75) is 44.6 Å². The van der Waals surface area contributed by atoms with E-state index in [0.29, 0.717) is 6.04 Å². The molecular weight excluding hydrogens is 298 g/mol. The van der Waals surface area contributed by atoms with Crippen LogP contribution in [0.1, 0.15) is 43.4 Å². The Morgan fingerprint density at radius 3 is 2.53 bits per heavy atom. The van der Waals surface area contributed by atoms with E-state index in [1.165, 1.54) is 38.5 Å². The van der Waals surface area contributed by atoms with Gasteiger partial charge in [-0.05, 0) is 40.9 Å². The number of halogens is 1.